The van der Waals surface area contributed by atoms with Crippen LogP contribution in [-0.2, 0) is 16.1 Å². The zero-order chi connectivity index (χ0) is 23.3. The number of amides is 2. The van der Waals surface area contributed by atoms with Gasteiger partial charge in [-0.3, -0.25) is 9.59 Å². The Hall–Kier alpha value is -3.60. The molecule has 0 aliphatic carbocycles. The number of ether oxygens (including phenoxy) is 1. The molecule has 2 aliphatic rings. The molecule has 2 amide bonds. The van der Waals surface area contributed by atoms with Gasteiger partial charge in [0.25, 0.3) is 5.91 Å². The van der Waals surface area contributed by atoms with Crippen molar-refractivity contribution in [3.8, 4) is 5.75 Å². The van der Waals surface area contributed by atoms with Crippen LogP contribution in [-0.4, -0.2) is 47.9 Å². The minimum atomic E-state index is -0.0409. The molecule has 1 unspecified atom stereocenters. The summed E-state index contributed by atoms with van der Waals surface area (Å²) in [5, 5.41) is 0. The minimum absolute atomic E-state index is 0.0224. The lowest BCUT2D eigenvalue weighted by Crippen LogP contribution is -2.47. The predicted molar refractivity (Wildman–Crippen MR) is 131 cm³/mol. The molecule has 1 fully saturated rings. The highest BCUT2D eigenvalue weighted by molar-refractivity contribution is 5.81. The van der Waals surface area contributed by atoms with Crippen LogP contribution in [0.25, 0.3) is 0 Å². The maximum absolute atomic E-state index is 13.5. The molecule has 2 aliphatic heterocycles. The Kier molecular flexibility index (Phi) is 6.61. The van der Waals surface area contributed by atoms with Crippen LogP contribution in [0.4, 0.5) is 0 Å². The van der Waals surface area contributed by atoms with Crippen molar-refractivity contribution in [2.45, 2.75) is 25.3 Å². The average Bonchev–Trinajstić information content (AvgIpc) is 2.92. The van der Waals surface area contributed by atoms with E-state index < -0.39 is 0 Å². The fourth-order valence-corrected chi connectivity index (χ4v) is 5.13. The van der Waals surface area contributed by atoms with Crippen LogP contribution in [0, 0.1) is 5.92 Å². The molecule has 2 heterocycles. The summed E-state index contributed by atoms with van der Waals surface area (Å²) in [6, 6.07) is 28.3. The van der Waals surface area contributed by atoms with Crippen molar-refractivity contribution in [3.05, 3.63) is 102 Å². The van der Waals surface area contributed by atoms with Crippen molar-refractivity contribution in [3.63, 3.8) is 0 Å². The summed E-state index contributed by atoms with van der Waals surface area (Å²) in [5.74, 6) is 1.03. The lowest BCUT2D eigenvalue weighted by atomic mass is 9.84. The molecular formula is C29H30N2O3. The number of fused-ring (bicyclic) bond motifs is 1. The zero-order valence-electron chi connectivity index (χ0n) is 19.3. The Morgan fingerprint density at radius 3 is 2.18 bits per heavy atom. The smallest absolute Gasteiger partial charge is 0.260 e. The quantitative estimate of drug-likeness (QED) is 0.571. The van der Waals surface area contributed by atoms with E-state index in [9.17, 15) is 9.59 Å². The molecule has 1 atom stereocenters. The first-order valence-electron chi connectivity index (χ1n) is 12.1. The van der Waals surface area contributed by atoms with Gasteiger partial charge < -0.3 is 14.5 Å². The van der Waals surface area contributed by atoms with Crippen molar-refractivity contribution >= 4 is 11.8 Å². The van der Waals surface area contributed by atoms with Gasteiger partial charge in [0, 0.05) is 38.0 Å². The lowest BCUT2D eigenvalue weighted by Gasteiger charge is -2.39. The summed E-state index contributed by atoms with van der Waals surface area (Å²) in [6.07, 6.45) is 1.40. The number of rotatable bonds is 5. The maximum atomic E-state index is 13.5. The normalized spacial score (nSPS) is 18.3. The largest absolute Gasteiger partial charge is 0.484 e. The van der Waals surface area contributed by atoms with Gasteiger partial charge in [0.1, 0.15) is 5.75 Å². The van der Waals surface area contributed by atoms with Gasteiger partial charge in [-0.15, -0.1) is 0 Å². The molecule has 34 heavy (non-hydrogen) atoms. The van der Waals surface area contributed by atoms with E-state index >= 15 is 0 Å². The van der Waals surface area contributed by atoms with Crippen LogP contribution in [0.2, 0.25) is 0 Å². The van der Waals surface area contributed by atoms with Crippen LogP contribution < -0.4 is 4.74 Å². The topological polar surface area (TPSA) is 49.9 Å². The van der Waals surface area contributed by atoms with Gasteiger partial charge >= 0.3 is 0 Å². The average molecular weight is 455 g/mol. The standard InChI is InChI=1S/C29H30N2O3/c32-28(21-34-25-12-5-2-6-13-25)30-17-15-23(16-18-30)29(33)31-19-24-11-7-8-14-26(24)27(20-31)22-9-3-1-4-10-22/h1-14,23,27H,15-21H2. The van der Waals surface area contributed by atoms with Crippen molar-refractivity contribution in [1.82, 2.24) is 9.80 Å². The van der Waals surface area contributed by atoms with Gasteiger partial charge in [-0.2, -0.15) is 0 Å². The third-order valence-corrected chi connectivity index (χ3v) is 7.01. The fourth-order valence-electron chi connectivity index (χ4n) is 5.13. The van der Waals surface area contributed by atoms with E-state index in [2.05, 4.69) is 48.5 Å². The van der Waals surface area contributed by atoms with Gasteiger partial charge in [0.2, 0.25) is 5.91 Å². The van der Waals surface area contributed by atoms with Crippen molar-refractivity contribution in [1.29, 1.82) is 0 Å². The molecule has 174 valence electrons. The van der Waals surface area contributed by atoms with E-state index in [0.717, 1.165) is 0 Å². The van der Waals surface area contributed by atoms with Crippen LogP contribution in [0.5, 0.6) is 5.75 Å². The summed E-state index contributed by atoms with van der Waals surface area (Å²) < 4.78 is 5.61. The van der Waals surface area contributed by atoms with Gasteiger partial charge in [-0.25, -0.2) is 0 Å². The first kappa shape index (κ1) is 22.2. The summed E-state index contributed by atoms with van der Waals surface area (Å²) in [7, 11) is 0. The first-order chi connectivity index (χ1) is 16.7. The Balaban J connectivity index is 1.20. The van der Waals surface area contributed by atoms with Gasteiger partial charge in [0.05, 0.1) is 0 Å². The molecule has 5 heteroatoms. The summed E-state index contributed by atoms with van der Waals surface area (Å²) in [6.45, 7) is 2.58. The number of benzene rings is 3. The Morgan fingerprint density at radius 1 is 0.794 bits per heavy atom. The molecule has 0 N–H and O–H groups in total. The minimum Gasteiger partial charge on any atom is -0.484 e. The maximum Gasteiger partial charge on any atom is 0.260 e. The zero-order valence-corrected chi connectivity index (χ0v) is 19.3. The molecule has 3 aromatic rings. The van der Waals surface area contributed by atoms with Crippen LogP contribution >= 0.6 is 0 Å². The van der Waals surface area contributed by atoms with E-state index in [1.807, 2.05) is 46.2 Å². The third-order valence-electron chi connectivity index (χ3n) is 7.01. The predicted octanol–water partition coefficient (Wildman–Crippen LogP) is 4.48. The summed E-state index contributed by atoms with van der Waals surface area (Å²) in [4.78, 5) is 30.0. The molecule has 0 bridgehead atoms. The number of hydrogen-bond donors (Lipinski definition) is 0. The first-order valence-corrected chi connectivity index (χ1v) is 12.1. The second-order valence-corrected chi connectivity index (χ2v) is 9.14. The second kappa shape index (κ2) is 10.1. The number of hydrogen-bond acceptors (Lipinski definition) is 3. The van der Waals surface area contributed by atoms with Crippen molar-refractivity contribution < 1.29 is 14.3 Å². The van der Waals surface area contributed by atoms with Crippen molar-refractivity contribution in [2.75, 3.05) is 26.2 Å². The number of carbonyl (C=O) groups is 2. The second-order valence-electron chi connectivity index (χ2n) is 9.14. The third kappa shape index (κ3) is 4.84. The molecule has 5 rings (SSSR count). The highest BCUT2D eigenvalue weighted by atomic mass is 16.5. The van der Waals surface area contributed by atoms with Gasteiger partial charge in [-0.1, -0.05) is 72.8 Å². The fraction of sp³-hybridized carbons (Fsp3) is 0.310. The SMILES string of the molecule is O=C(COc1ccccc1)N1CCC(C(=O)N2Cc3ccccc3C(c3ccccc3)C2)CC1. The highest BCUT2D eigenvalue weighted by Crippen LogP contribution is 2.34. The molecule has 0 radical (unpaired) electrons. The van der Waals surface area contributed by atoms with Gasteiger partial charge in [0.15, 0.2) is 6.61 Å². The van der Waals surface area contributed by atoms with E-state index in [1.165, 1.54) is 16.7 Å². The molecule has 0 saturated carbocycles. The number of para-hydroxylation sites is 1. The Morgan fingerprint density at radius 2 is 1.44 bits per heavy atom. The highest BCUT2D eigenvalue weighted by Gasteiger charge is 2.34. The summed E-state index contributed by atoms with van der Waals surface area (Å²) in [5.41, 5.74) is 3.78. The summed E-state index contributed by atoms with van der Waals surface area (Å²) >= 11 is 0. The van der Waals surface area contributed by atoms with Crippen molar-refractivity contribution in [2.24, 2.45) is 5.92 Å². The Labute approximate surface area is 201 Å². The number of piperidine rings is 1. The van der Waals surface area contributed by atoms with E-state index in [1.54, 1.807) is 0 Å². The lowest BCUT2D eigenvalue weighted by molar-refractivity contribution is -0.142. The number of carbonyl (C=O) groups excluding carboxylic acids is 2. The number of likely N-dealkylation sites (tertiary alicyclic amines) is 1. The molecule has 0 aromatic heterocycles. The van der Waals surface area contributed by atoms with Crippen LogP contribution in [0.15, 0.2) is 84.9 Å². The van der Waals surface area contributed by atoms with Crippen LogP contribution in [0.1, 0.15) is 35.4 Å². The molecule has 0 spiro atoms. The molecule has 1 saturated heterocycles. The molecule has 5 nitrogen and oxygen atoms in total. The molecular weight excluding hydrogens is 424 g/mol. The monoisotopic (exact) mass is 454 g/mol. The van der Waals surface area contributed by atoms with E-state index in [4.69, 9.17) is 4.74 Å². The van der Waals surface area contributed by atoms with Gasteiger partial charge in [-0.05, 0) is 41.7 Å². The van der Waals surface area contributed by atoms with Crippen LogP contribution in [0.3, 0.4) is 0 Å². The van der Waals surface area contributed by atoms with E-state index in [-0.39, 0.29) is 30.3 Å². The molecule has 3 aromatic carbocycles. The van der Waals surface area contributed by atoms with E-state index in [0.29, 0.717) is 44.8 Å². The Bertz CT molecular complexity index is 1120. The number of nitrogens with zero attached hydrogens (tertiary/aromatic N) is 2.